The van der Waals surface area contributed by atoms with Crippen LogP contribution in [-0.4, -0.2) is 25.8 Å². The largest absolute Gasteiger partial charge is 0.382 e. The topological polar surface area (TPSA) is 21.3 Å². The SMILES string of the molecule is CCNC(Cc1ccc(CC)s1)CC(C)OC. The number of thiophene rings is 1. The van der Waals surface area contributed by atoms with Gasteiger partial charge in [0.25, 0.3) is 0 Å². The molecule has 0 aliphatic heterocycles. The van der Waals surface area contributed by atoms with Crippen LogP contribution in [0, 0.1) is 0 Å². The third kappa shape index (κ3) is 5.19. The molecule has 0 aliphatic rings. The van der Waals surface area contributed by atoms with Crippen molar-refractivity contribution in [1.82, 2.24) is 5.32 Å². The summed E-state index contributed by atoms with van der Waals surface area (Å²) in [6.07, 6.45) is 3.66. The van der Waals surface area contributed by atoms with E-state index in [-0.39, 0.29) is 0 Å². The second-order valence-electron chi connectivity index (χ2n) is 4.46. The molecule has 1 aromatic rings. The lowest BCUT2D eigenvalue weighted by Crippen LogP contribution is -2.34. The van der Waals surface area contributed by atoms with E-state index in [0.29, 0.717) is 12.1 Å². The maximum absolute atomic E-state index is 5.35. The maximum atomic E-state index is 5.35. The second-order valence-corrected chi connectivity index (χ2v) is 5.72. The van der Waals surface area contributed by atoms with Crippen molar-refractivity contribution in [3.8, 4) is 0 Å². The van der Waals surface area contributed by atoms with Crippen LogP contribution < -0.4 is 5.32 Å². The lowest BCUT2D eigenvalue weighted by molar-refractivity contribution is 0.101. The molecular formula is C14H25NOS. The van der Waals surface area contributed by atoms with Crippen LogP contribution in [0.2, 0.25) is 0 Å². The van der Waals surface area contributed by atoms with Crippen molar-refractivity contribution in [1.29, 1.82) is 0 Å². The number of aryl methyl sites for hydroxylation is 1. The molecule has 0 aliphatic carbocycles. The van der Waals surface area contributed by atoms with Crippen molar-refractivity contribution in [2.24, 2.45) is 0 Å². The Balaban J connectivity index is 2.52. The minimum atomic E-state index is 0.324. The maximum Gasteiger partial charge on any atom is 0.0558 e. The van der Waals surface area contributed by atoms with Crippen molar-refractivity contribution in [2.45, 2.75) is 52.2 Å². The number of likely N-dealkylation sites (N-methyl/N-ethyl adjacent to an activating group) is 1. The van der Waals surface area contributed by atoms with Crippen molar-refractivity contribution in [3.63, 3.8) is 0 Å². The fraction of sp³-hybridized carbons (Fsp3) is 0.714. The summed E-state index contributed by atoms with van der Waals surface area (Å²) in [7, 11) is 1.79. The molecule has 1 heterocycles. The predicted octanol–water partition coefficient (Wildman–Crippen LogP) is 3.26. The van der Waals surface area contributed by atoms with Gasteiger partial charge in [0.1, 0.15) is 0 Å². The Bertz CT molecular complexity index is 311. The van der Waals surface area contributed by atoms with E-state index >= 15 is 0 Å². The van der Waals surface area contributed by atoms with Gasteiger partial charge in [-0.1, -0.05) is 13.8 Å². The lowest BCUT2D eigenvalue weighted by atomic mass is 10.1. The van der Waals surface area contributed by atoms with Crippen LogP contribution in [-0.2, 0) is 17.6 Å². The highest BCUT2D eigenvalue weighted by Crippen LogP contribution is 2.19. The van der Waals surface area contributed by atoms with Crippen molar-refractivity contribution >= 4 is 11.3 Å². The van der Waals surface area contributed by atoms with Crippen LogP contribution in [0.5, 0.6) is 0 Å². The number of rotatable bonds is 8. The summed E-state index contributed by atoms with van der Waals surface area (Å²) in [5, 5.41) is 3.55. The Morgan fingerprint density at radius 2 is 2.00 bits per heavy atom. The van der Waals surface area contributed by atoms with Gasteiger partial charge in [-0.3, -0.25) is 0 Å². The summed E-state index contributed by atoms with van der Waals surface area (Å²) in [5.41, 5.74) is 0. The van der Waals surface area contributed by atoms with Gasteiger partial charge in [-0.05, 0) is 44.9 Å². The first kappa shape index (κ1) is 14.7. The molecule has 17 heavy (non-hydrogen) atoms. The van der Waals surface area contributed by atoms with E-state index in [2.05, 4.69) is 38.2 Å². The molecule has 98 valence electrons. The molecule has 1 N–H and O–H groups in total. The molecule has 0 saturated heterocycles. The third-order valence-corrected chi connectivity index (χ3v) is 4.28. The highest BCUT2D eigenvalue weighted by Gasteiger charge is 2.13. The van der Waals surface area contributed by atoms with E-state index < -0.39 is 0 Å². The summed E-state index contributed by atoms with van der Waals surface area (Å²) >= 11 is 1.94. The van der Waals surface area contributed by atoms with E-state index in [9.17, 15) is 0 Å². The van der Waals surface area contributed by atoms with Gasteiger partial charge >= 0.3 is 0 Å². The molecule has 0 aromatic carbocycles. The average molecular weight is 255 g/mol. The van der Waals surface area contributed by atoms with E-state index in [1.54, 1.807) is 7.11 Å². The van der Waals surface area contributed by atoms with Gasteiger partial charge in [0, 0.05) is 22.9 Å². The van der Waals surface area contributed by atoms with Gasteiger partial charge < -0.3 is 10.1 Å². The summed E-state index contributed by atoms with van der Waals surface area (Å²) in [4.78, 5) is 2.96. The van der Waals surface area contributed by atoms with Crippen LogP contribution >= 0.6 is 11.3 Å². The molecule has 2 nitrogen and oxygen atoms in total. The van der Waals surface area contributed by atoms with Gasteiger partial charge in [0.15, 0.2) is 0 Å². The molecule has 2 unspecified atom stereocenters. The highest BCUT2D eigenvalue weighted by molar-refractivity contribution is 7.11. The van der Waals surface area contributed by atoms with Crippen LogP contribution in [0.1, 0.15) is 36.9 Å². The van der Waals surface area contributed by atoms with Crippen molar-refractivity contribution in [2.75, 3.05) is 13.7 Å². The quantitative estimate of drug-likeness (QED) is 0.770. The van der Waals surface area contributed by atoms with Crippen LogP contribution in [0.15, 0.2) is 12.1 Å². The summed E-state index contributed by atoms with van der Waals surface area (Å²) in [6.45, 7) is 7.53. The van der Waals surface area contributed by atoms with Gasteiger partial charge in [-0.15, -0.1) is 11.3 Å². The molecule has 1 rings (SSSR count). The van der Waals surface area contributed by atoms with Crippen LogP contribution in [0.3, 0.4) is 0 Å². The van der Waals surface area contributed by atoms with Gasteiger partial charge in [-0.25, -0.2) is 0 Å². The minimum Gasteiger partial charge on any atom is -0.382 e. The van der Waals surface area contributed by atoms with Crippen molar-refractivity contribution in [3.05, 3.63) is 21.9 Å². The Labute approximate surface area is 109 Å². The van der Waals surface area contributed by atoms with Gasteiger partial charge in [0.05, 0.1) is 6.10 Å². The summed E-state index contributed by atoms with van der Waals surface area (Å²) in [5.74, 6) is 0. The monoisotopic (exact) mass is 255 g/mol. The number of hydrogen-bond acceptors (Lipinski definition) is 3. The van der Waals surface area contributed by atoms with Crippen LogP contribution in [0.25, 0.3) is 0 Å². The fourth-order valence-electron chi connectivity index (χ4n) is 1.99. The summed E-state index contributed by atoms with van der Waals surface area (Å²) in [6, 6.07) is 5.05. The molecule has 3 heteroatoms. The fourth-order valence-corrected chi connectivity index (χ4v) is 3.03. The molecule has 0 fully saturated rings. The Morgan fingerprint density at radius 3 is 2.53 bits per heavy atom. The van der Waals surface area contributed by atoms with E-state index in [1.807, 2.05) is 11.3 Å². The Morgan fingerprint density at radius 1 is 1.29 bits per heavy atom. The minimum absolute atomic E-state index is 0.324. The molecule has 0 saturated carbocycles. The zero-order valence-electron chi connectivity index (χ0n) is 11.5. The third-order valence-electron chi connectivity index (χ3n) is 3.02. The Kier molecular flexibility index (Phi) is 6.78. The first-order valence-corrected chi connectivity index (χ1v) is 7.35. The van der Waals surface area contributed by atoms with Crippen molar-refractivity contribution < 1.29 is 4.74 Å². The normalized spacial score (nSPS) is 14.8. The lowest BCUT2D eigenvalue weighted by Gasteiger charge is -2.20. The van der Waals surface area contributed by atoms with E-state index in [0.717, 1.165) is 25.8 Å². The Hall–Kier alpha value is -0.380. The van der Waals surface area contributed by atoms with Gasteiger partial charge in [0.2, 0.25) is 0 Å². The first-order chi connectivity index (χ1) is 8.19. The molecule has 2 atom stereocenters. The van der Waals surface area contributed by atoms with E-state index in [4.69, 9.17) is 4.74 Å². The highest BCUT2D eigenvalue weighted by atomic mass is 32.1. The smallest absolute Gasteiger partial charge is 0.0558 e. The molecule has 0 bridgehead atoms. The zero-order valence-corrected chi connectivity index (χ0v) is 12.3. The zero-order chi connectivity index (χ0) is 12.7. The first-order valence-electron chi connectivity index (χ1n) is 6.53. The number of ether oxygens (including phenoxy) is 1. The second kappa shape index (κ2) is 7.85. The number of nitrogens with one attached hydrogen (secondary N) is 1. The number of hydrogen-bond donors (Lipinski definition) is 1. The molecule has 0 radical (unpaired) electrons. The number of methoxy groups -OCH3 is 1. The molecular weight excluding hydrogens is 230 g/mol. The standard InChI is InChI=1S/C14H25NOS/c1-5-13-7-8-14(17-13)10-12(15-6-2)9-11(3)16-4/h7-8,11-12,15H,5-6,9-10H2,1-4H3. The summed E-state index contributed by atoms with van der Waals surface area (Å²) < 4.78 is 5.35. The van der Waals surface area contributed by atoms with Crippen LogP contribution in [0.4, 0.5) is 0 Å². The molecule has 0 amide bonds. The molecule has 1 aromatic heterocycles. The predicted molar refractivity (Wildman–Crippen MR) is 76.0 cm³/mol. The van der Waals surface area contributed by atoms with E-state index in [1.165, 1.54) is 9.75 Å². The molecule has 0 spiro atoms. The van der Waals surface area contributed by atoms with Gasteiger partial charge in [-0.2, -0.15) is 0 Å². The average Bonchev–Trinajstić information content (AvgIpc) is 2.77.